The Labute approximate surface area is 134 Å². The van der Waals surface area contributed by atoms with Crippen LogP contribution >= 0.6 is 0 Å². The van der Waals surface area contributed by atoms with Crippen LogP contribution in [0.5, 0.6) is 5.75 Å². The van der Waals surface area contributed by atoms with Crippen LogP contribution in [0.2, 0.25) is 0 Å². The highest BCUT2D eigenvalue weighted by molar-refractivity contribution is 5.88. The number of hydrogen-bond acceptors (Lipinski definition) is 4. The average Bonchev–Trinajstić information content (AvgIpc) is 2.53. The summed E-state index contributed by atoms with van der Waals surface area (Å²) in [6.45, 7) is 3.67. The number of anilines is 1. The van der Waals surface area contributed by atoms with Gasteiger partial charge in [-0.3, -0.25) is 4.98 Å². The van der Waals surface area contributed by atoms with E-state index in [1.54, 1.807) is 6.07 Å². The van der Waals surface area contributed by atoms with Crippen molar-refractivity contribution < 1.29 is 9.13 Å². The van der Waals surface area contributed by atoms with Gasteiger partial charge in [-0.2, -0.15) is 5.26 Å². The third-order valence-corrected chi connectivity index (χ3v) is 3.85. The van der Waals surface area contributed by atoms with Crippen LogP contribution in [0.1, 0.15) is 25.1 Å². The van der Waals surface area contributed by atoms with E-state index in [-0.39, 0.29) is 0 Å². The Kier molecular flexibility index (Phi) is 3.53. The fourth-order valence-corrected chi connectivity index (χ4v) is 2.71. The molecular formula is C18H16FN3O. The third-order valence-electron chi connectivity index (χ3n) is 3.85. The zero-order valence-electron chi connectivity index (χ0n) is 13.1. The zero-order chi connectivity index (χ0) is 16.6. The number of benzene rings is 1. The standard InChI is InChI=1S/C18H16FN3O/c1-18(2)14(9-20)17(15-7-4-11(19)10-22-15)13-6-5-12(21-3)8-16(13)23-18/h4-8,10,21H,1-3H3. The number of pyridine rings is 1. The topological polar surface area (TPSA) is 57.9 Å². The van der Waals surface area contributed by atoms with Gasteiger partial charge in [-0.25, -0.2) is 4.39 Å². The summed E-state index contributed by atoms with van der Waals surface area (Å²) in [5.74, 6) is 0.256. The van der Waals surface area contributed by atoms with Gasteiger partial charge in [0.15, 0.2) is 0 Å². The van der Waals surface area contributed by atoms with Crippen LogP contribution in [0.3, 0.4) is 0 Å². The normalized spacial score (nSPS) is 15.4. The molecule has 2 heterocycles. The Morgan fingerprint density at radius 3 is 2.65 bits per heavy atom. The van der Waals surface area contributed by atoms with Crippen LogP contribution < -0.4 is 10.1 Å². The van der Waals surface area contributed by atoms with Gasteiger partial charge in [-0.15, -0.1) is 0 Å². The van der Waals surface area contributed by atoms with E-state index in [1.165, 1.54) is 6.07 Å². The van der Waals surface area contributed by atoms with Gasteiger partial charge in [0.25, 0.3) is 0 Å². The van der Waals surface area contributed by atoms with Crippen LogP contribution in [-0.2, 0) is 0 Å². The molecule has 0 saturated carbocycles. The summed E-state index contributed by atoms with van der Waals surface area (Å²) in [4.78, 5) is 4.15. The SMILES string of the molecule is CNc1ccc2c(c1)OC(C)(C)C(C#N)=C2c1ccc(F)cn1. The summed E-state index contributed by atoms with van der Waals surface area (Å²) in [6.07, 6.45) is 1.15. The van der Waals surface area contributed by atoms with Crippen LogP contribution in [0.25, 0.3) is 5.57 Å². The number of halogens is 1. The summed E-state index contributed by atoms with van der Waals surface area (Å²) < 4.78 is 19.2. The molecule has 0 atom stereocenters. The molecule has 4 nitrogen and oxygen atoms in total. The van der Waals surface area contributed by atoms with Crippen LogP contribution in [-0.4, -0.2) is 17.6 Å². The van der Waals surface area contributed by atoms with Gasteiger partial charge in [0.05, 0.1) is 23.5 Å². The van der Waals surface area contributed by atoms with Gasteiger partial charge in [-0.05, 0) is 38.1 Å². The average molecular weight is 309 g/mol. The molecule has 1 aromatic carbocycles. The minimum atomic E-state index is -0.792. The Bertz CT molecular complexity index is 832. The first-order chi connectivity index (χ1) is 11.0. The number of hydrogen-bond donors (Lipinski definition) is 1. The van der Waals surface area contributed by atoms with Crippen molar-refractivity contribution in [3.63, 3.8) is 0 Å². The van der Waals surface area contributed by atoms with Gasteiger partial charge in [-0.1, -0.05) is 0 Å². The molecule has 2 aromatic rings. The molecule has 0 amide bonds. The highest BCUT2D eigenvalue weighted by Gasteiger charge is 2.36. The first kappa shape index (κ1) is 15.0. The number of rotatable bonds is 2. The maximum Gasteiger partial charge on any atom is 0.141 e. The minimum absolute atomic E-state index is 0.412. The number of nitriles is 1. The molecule has 1 aliphatic heterocycles. The summed E-state index contributed by atoms with van der Waals surface area (Å²) in [5.41, 5.74) is 2.60. The van der Waals surface area contributed by atoms with Crippen LogP contribution in [0, 0.1) is 17.1 Å². The number of ether oxygens (including phenoxy) is 1. The summed E-state index contributed by atoms with van der Waals surface area (Å²) >= 11 is 0. The monoisotopic (exact) mass is 309 g/mol. The second-order valence-corrected chi connectivity index (χ2v) is 5.80. The lowest BCUT2D eigenvalue weighted by Crippen LogP contribution is -2.34. The van der Waals surface area contributed by atoms with Crippen molar-refractivity contribution >= 4 is 11.3 Å². The first-order valence-corrected chi connectivity index (χ1v) is 7.24. The van der Waals surface area contributed by atoms with Crippen molar-refractivity contribution in [2.75, 3.05) is 12.4 Å². The fraction of sp³-hybridized carbons (Fsp3) is 0.222. The quantitative estimate of drug-likeness (QED) is 0.917. The molecular weight excluding hydrogens is 293 g/mol. The fourth-order valence-electron chi connectivity index (χ4n) is 2.71. The summed E-state index contributed by atoms with van der Waals surface area (Å²) in [6, 6.07) is 10.8. The predicted molar refractivity (Wildman–Crippen MR) is 86.5 cm³/mol. The van der Waals surface area contributed by atoms with E-state index in [0.717, 1.165) is 17.4 Å². The molecule has 0 bridgehead atoms. The zero-order valence-corrected chi connectivity index (χ0v) is 13.1. The lowest BCUT2D eigenvalue weighted by atomic mass is 9.85. The molecule has 1 N–H and O–H groups in total. The molecule has 0 unspecified atom stereocenters. The van der Waals surface area contributed by atoms with Crippen molar-refractivity contribution in [2.24, 2.45) is 0 Å². The predicted octanol–water partition coefficient (Wildman–Crippen LogP) is 3.76. The largest absolute Gasteiger partial charge is 0.482 e. The van der Waals surface area contributed by atoms with Crippen molar-refractivity contribution in [3.8, 4) is 11.8 Å². The van der Waals surface area contributed by atoms with Gasteiger partial charge in [0, 0.05) is 29.9 Å². The van der Waals surface area contributed by atoms with Crippen molar-refractivity contribution in [3.05, 3.63) is 59.2 Å². The maximum atomic E-state index is 13.2. The maximum absolute atomic E-state index is 13.2. The lowest BCUT2D eigenvalue weighted by molar-refractivity contribution is 0.149. The van der Waals surface area contributed by atoms with Gasteiger partial charge in [0.2, 0.25) is 0 Å². The van der Waals surface area contributed by atoms with E-state index in [0.29, 0.717) is 22.6 Å². The molecule has 116 valence electrons. The molecule has 1 aliphatic rings. The van der Waals surface area contributed by atoms with Gasteiger partial charge < -0.3 is 10.1 Å². The first-order valence-electron chi connectivity index (χ1n) is 7.24. The molecule has 0 aliphatic carbocycles. The van der Waals surface area contributed by atoms with E-state index in [4.69, 9.17) is 4.74 Å². The smallest absolute Gasteiger partial charge is 0.141 e. The van der Waals surface area contributed by atoms with Gasteiger partial charge >= 0.3 is 0 Å². The number of fused-ring (bicyclic) bond motifs is 1. The van der Waals surface area contributed by atoms with E-state index < -0.39 is 11.4 Å². The highest BCUT2D eigenvalue weighted by Crippen LogP contribution is 2.44. The Balaban J connectivity index is 2.29. The van der Waals surface area contributed by atoms with Crippen LogP contribution in [0.15, 0.2) is 42.1 Å². The number of nitrogens with one attached hydrogen (secondary N) is 1. The minimum Gasteiger partial charge on any atom is -0.482 e. The highest BCUT2D eigenvalue weighted by atomic mass is 19.1. The van der Waals surface area contributed by atoms with Crippen molar-refractivity contribution in [1.82, 2.24) is 4.98 Å². The summed E-state index contributed by atoms with van der Waals surface area (Å²) in [7, 11) is 1.83. The second kappa shape index (κ2) is 5.40. The third kappa shape index (κ3) is 2.53. The molecule has 0 radical (unpaired) electrons. The number of nitrogens with zero attached hydrogens (tertiary/aromatic N) is 2. The van der Waals surface area contributed by atoms with E-state index in [2.05, 4.69) is 16.4 Å². The number of aromatic nitrogens is 1. The van der Waals surface area contributed by atoms with Crippen molar-refractivity contribution in [2.45, 2.75) is 19.4 Å². The molecule has 5 heteroatoms. The Morgan fingerprint density at radius 1 is 1.26 bits per heavy atom. The second-order valence-electron chi connectivity index (χ2n) is 5.80. The van der Waals surface area contributed by atoms with E-state index in [9.17, 15) is 9.65 Å². The Morgan fingerprint density at radius 2 is 2.04 bits per heavy atom. The van der Waals surface area contributed by atoms with E-state index in [1.807, 2.05) is 39.1 Å². The summed E-state index contributed by atoms with van der Waals surface area (Å²) in [5, 5.41) is 12.7. The van der Waals surface area contributed by atoms with Crippen LogP contribution in [0.4, 0.5) is 10.1 Å². The lowest BCUT2D eigenvalue weighted by Gasteiger charge is -2.34. The molecule has 0 spiro atoms. The molecule has 3 rings (SSSR count). The Hall–Kier alpha value is -2.87. The molecule has 23 heavy (non-hydrogen) atoms. The van der Waals surface area contributed by atoms with Crippen molar-refractivity contribution in [1.29, 1.82) is 5.26 Å². The van der Waals surface area contributed by atoms with E-state index >= 15 is 0 Å². The molecule has 1 aromatic heterocycles. The molecule has 0 fully saturated rings. The van der Waals surface area contributed by atoms with Gasteiger partial charge in [0.1, 0.15) is 17.2 Å². The molecule has 0 saturated heterocycles.